The first-order valence-electron chi connectivity index (χ1n) is 7.72. The van der Waals surface area contributed by atoms with Crippen molar-refractivity contribution in [2.45, 2.75) is 25.1 Å². The van der Waals surface area contributed by atoms with Gasteiger partial charge in [-0.2, -0.15) is 18.3 Å². The summed E-state index contributed by atoms with van der Waals surface area (Å²) in [5.74, 6) is -2.43. The molecule has 0 aliphatic heterocycles. The normalized spacial score (nSPS) is 14.1. The highest BCUT2D eigenvalue weighted by molar-refractivity contribution is 6.39. The maximum Gasteiger partial charge on any atom is 0.435 e. The van der Waals surface area contributed by atoms with Crippen molar-refractivity contribution in [1.29, 1.82) is 0 Å². The van der Waals surface area contributed by atoms with E-state index in [1.54, 1.807) is 0 Å². The summed E-state index contributed by atoms with van der Waals surface area (Å²) >= 11 is 18.0. The largest absolute Gasteiger partial charge is 0.435 e. The molecule has 28 heavy (non-hydrogen) atoms. The molecular formula is C16H14Cl3F4N3O2. The van der Waals surface area contributed by atoms with Crippen molar-refractivity contribution < 1.29 is 27.6 Å². The highest BCUT2D eigenvalue weighted by Gasteiger charge is 2.41. The number of aromatic nitrogens is 2. The van der Waals surface area contributed by atoms with Gasteiger partial charge in [-0.25, -0.2) is 9.45 Å². The molecule has 2 rings (SSSR count). The predicted octanol–water partition coefficient (Wildman–Crippen LogP) is 5.37. The van der Waals surface area contributed by atoms with Crippen LogP contribution in [-0.2, 0) is 13.2 Å². The summed E-state index contributed by atoms with van der Waals surface area (Å²) in [7, 11) is 1.18. The number of benzene rings is 1. The average molecular weight is 463 g/mol. The van der Waals surface area contributed by atoms with E-state index < -0.39 is 42.0 Å². The summed E-state index contributed by atoms with van der Waals surface area (Å²) < 4.78 is 53.7. The number of amides is 1. The Bertz CT molecular complexity index is 865. The Hall–Kier alpha value is -1.55. The van der Waals surface area contributed by atoms with E-state index in [1.807, 2.05) is 0 Å². The number of hydroxylamine groups is 2. The molecule has 0 aliphatic rings. The topological polar surface area (TPSA) is 58.4 Å². The van der Waals surface area contributed by atoms with E-state index in [4.69, 9.17) is 34.8 Å². The molecule has 1 amide bonds. The summed E-state index contributed by atoms with van der Waals surface area (Å²) in [4.78, 5) is 12.5. The first kappa shape index (κ1) is 22.7. The molecule has 2 aromatic rings. The number of alkyl halides is 4. The Morgan fingerprint density at radius 2 is 1.82 bits per heavy atom. The second-order valence-corrected chi connectivity index (χ2v) is 7.26. The molecule has 2 unspecified atom stereocenters. The second-order valence-electron chi connectivity index (χ2n) is 6.01. The molecule has 0 saturated carbocycles. The van der Waals surface area contributed by atoms with Crippen molar-refractivity contribution in [2.75, 3.05) is 6.67 Å². The lowest BCUT2D eigenvalue weighted by Crippen LogP contribution is -2.43. The maximum atomic E-state index is 13.7. The van der Waals surface area contributed by atoms with Gasteiger partial charge in [0.25, 0.3) is 5.91 Å². The Morgan fingerprint density at radius 1 is 1.29 bits per heavy atom. The fourth-order valence-corrected chi connectivity index (χ4v) is 3.88. The minimum atomic E-state index is -4.94. The van der Waals surface area contributed by atoms with Crippen molar-refractivity contribution in [3.63, 3.8) is 0 Å². The van der Waals surface area contributed by atoms with E-state index in [-0.39, 0.29) is 25.7 Å². The number of hydrogen-bond donors (Lipinski definition) is 1. The molecule has 5 nitrogen and oxygen atoms in total. The molecule has 0 radical (unpaired) electrons. The van der Waals surface area contributed by atoms with Gasteiger partial charge in [0.2, 0.25) is 0 Å². The van der Waals surface area contributed by atoms with E-state index >= 15 is 0 Å². The standard InChI is InChI=1S/C16H14Cl3F4N3O2/c1-7(13-10(18)3-8(17)4-11(13)19)12(5-20)26(28)15(27)9-6-25(2)24-14(9)16(21,22)23/h3-4,6-7,12,28H,5H2,1-2H3. The van der Waals surface area contributed by atoms with Gasteiger partial charge >= 0.3 is 6.18 Å². The van der Waals surface area contributed by atoms with Gasteiger partial charge in [0.05, 0.1) is 11.6 Å². The maximum absolute atomic E-state index is 13.7. The SMILES string of the molecule is CC(c1c(Cl)cc(Cl)cc1Cl)C(CF)N(O)C(=O)c1cn(C)nc1C(F)(F)F. The van der Waals surface area contributed by atoms with E-state index in [2.05, 4.69) is 5.10 Å². The van der Waals surface area contributed by atoms with Crippen LogP contribution in [0.15, 0.2) is 18.3 Å². The summed E-state index contributed by atoms with van der Waals surface area (Å²) in [6.07, 6.45) is -4.15. The Kier molecular flexibility index (Phi) is 6.86. The first-order chi connectivity index (χ1) is 12.9. The van der Waals surface area contributed by atoms with Crippen molar-refractivity contribution in [3.8, 4) is 0 Å². The third-order valence-corrected chi connectivity index (χ3v) is 4.93. The Balaban J connectivity index is 2.41. The zero-order chi connectivity index (χ0) is 21.4. The molecule has 0 saturated heterocycles. The van der Waals surface area contributed by atoms with Gasteiger partial charge in [0.1, 0.15) is 6.67 Å². The Morgan fingerprint density at radius 3 is 2.29 bits per heavy atom. The van der Waals surface area contributed by atoms with E-state index in [1.165, 1.54) is 26.1 Å². The molecule has 0 bridgehead atoms. The van der Waals surface area contributed by atoms with Gasteiger partial charge in [-0.3, -0.25) is 14.7 Å². The average Bonchev–Trinajstić information content (AvgIpc) is 2.96. The summed E-state index contributed by atoms with van der Waals surface area (Å²) in [6.45, 7) is 0.135. The van der Waals surface area contributed by atoms with E-state index in [9.17, 15) is 27.6 Å². The molecule has 0 aliphatic carbocycles. The predicted molar refractivity (Wildman–Crippen MR) is 95.8 cm³/mol. The van der Waals surface area contributed by atoms with E-state index in [0.717, 1.165) is 10.9 Å². The van der Waals surface area contributed by atoms with Crippen molar-refractivity contribution in [1.82, 2.24) is 14.8 Å². The van der Waals surface area contributed by atoms with Gasteiger partial charge in [-0.15, -0.1) is 0 Å². The van der Waals surface area contributed by atoms with Gasteiger partial charge < -0.3 is 0 Å². The highest BCUT2D eigenvalue weighted by atomic mass is 35.5. The monoisotopic (exact) mass is 461 g/mol. The molecular weight excluding hydrogens is 449 g/mol. The minimum absolute atomic E-state index is 0.0571. The number of halogens is 7. The lowest BCUT2D eigenvalue weighted by molar-refractivity contribution is -0.142. The lowest BCUT2D eigenvalue weighted by atomic mass is 9.93. The van der Waals surface area contributed by atoms with Crippen LogP contribution in [0, 0.1) is 0 Å². The molecule has 1 aromatic heterocycles. The van der Waals surface area contributed by atoms with Gasteiger partial charge in [0.15, 0.2) is 5.69 Å². The lowest BCUT2D eigenvalue weighted by Gasteiger charge is -2.30. The number of hydrogen-bond acceptors (Lipinski definition) is 3. The number of nitrogens with zero attached hydrogens (tertiary/aromatic N) is 3. The fraction of sp³-hybridized carbons (Fsp3) is 0.375. The molecule has 12 heteroatoms. The van der Waals surface area contributed by atoms with Crippen LogP contribution in [0.2, 0.25) is 15.1 Å². The second kappa shape index (κ2) is 8.44. The van der Waals surface area contributed by atoms with Crippen LogP contribution < -0.4 is 0 Å². The molecule has 2 atom stereocenters. The summed E-state index contributed by atoms with van der Waals surface area (Å²) in [5, 5.41) is 13.6. The highest BCUT2D eigenvalue weighted by Crippen LogP contribution is 2.38. The van der Waals surface area contributed by atoms with Crippen molar-refractivity contribution in [2.24, 2.45) is 7.05 Å². The molecule has 1 N–H and O–H groups in total. The van der Waals surface area contributed by atoms with Crippen LogP contribution in [0.4, 0.5) is 17.6 Å². The van der Waals surface area contributed by atoms with Gasteiger partial charge in [0, 0.05) is 34.2 Å². The molecule has 0 spiro atoms. The van der Waals surface area contributed by atoms with Crippen LogP contribution in [0.1, 0.15) is 34.5 Å². The number of carbonyl (C=O) groups excluding carboxylic acids is 1. The summed E-state index contributed by atoms with van der Waals surface area (Å²) in [6, 6.07) is 1.11. The van der Waals surface area contributed by atoms with Crippen molar-refractivity contribution in [3.05, 3.63) is 50.2 Å². The Labute approximate surface area is 172 Å². The number of rotatable bonds is 5. The third-order valence-electron chi connectivity index (χ3n) is 4.08. The van der Waals surface area contributed by atoms with Crippen molar-refractivity contribution >= 4 is 40.7 Å². The zero-order valence-electron chi connectivity index (χ0n) is 14.4. The third kappa shape index (κ3) is 4.53. The van der Waals surface area contributed by atoms with Crippen LogP contribution in [0.25, 0.3) is 0 Å². The van der Waals surface area contributed by atoms with Crippen LogP contribution in [0.5, 0.6) is 0 Å². The first-order valence-corrected chi connectivity index (χ1v) is 8.85. The molecule has 154 valence electrons. The smallest absolute Gasteiger partial charge is 0.285 e. The van der Waals surface area contributed by atoms with Crippen LogP contribution in [0.3, 0.4) is 0 Å². The number of aryl methyl sites for hydroxylation is 1. The minimum Gasteiger partial charge on any atom is -0.285 e. The van der Waals surface area contributed by atoms with Crippen LogP contribution >= 0.6 is 34.8 Å². The molecule has 1 aromatic carbocycles. The van der Waals surface area contributed by atoms with E-state index in [0.29, 0.717) is 0 Å². The zero-order valence-corrected chi connectivity index (χ0v) is 16.7. The summed E-state index contributed by atoms with van der Waals surface area (Å²) in [5.41, 5.74) is -2.23. The van der Waals surface area contributed by atoms with Gasteiger partial charge in [-0.05, 0) is 17.7 Å². The number of carbonyl (C=O) groups is 1. The van der Waals surface area contributed by atoms with Crippen LogP contribution in [-0.4, -0.2) is 38.7 Å². The molecule has 0 fully saturated rings. The fourth-order valence-electron chi connectivity index (χ4n) is 2.72. The van der Waals surface area contributed by atoms with Gasteiger partial charge in [-0.1, -0.05) is 41.7 Å². The quantitative estimate of drug-likeness (QED) is 0.369. The molecule has 1 heterocycles.